The van der Waals surface area contributed by atoms with E-state index < -0.39 is 24.5 Å². The van der Waals surface area contributed by atoms with Gasteiger partial charge in [0.1, 0.15) is 17.9 Å². The van der Waals surface area contributed by atoms with Crippen molar-refractivity contribution in [1.29, 1.82) is 0 Å². The molecule has 0 saturated heterocycles. The molecule has 1 aromatic rings. The predicted molar refractivity (Wildman–Crippen MR) is 90.4 cm³/mol. The maximum Gasteiger partial charge on any atom is 0.139 e. The fraction of sp³-hybridized carbons (Fsp3) is 0.526. The Hall–Kier alpha value is -1.85. The second-order valence-electron chi connectivity index (χ2n) is 6.36. The highest BCUT2D eigenvalue weighted by Crippen LogP contribution is 2.20. The number of carbonyl (C=O) groups excluding carboxylic acids is 3. The highest BCUT2D eigenvalue weighted by atomic mass is 16.3. The minimum atomic E-state index is -0.976. The van der Waals surface area contributed by atoms with E-state index in [0.717, 1.165) is 5.56 Å². The Balaban J connectivity index is 2.68. The van der Waals surface area contributed by atoms with Crippen molar-refractivity contribution in [3.05, 3.63) is 35.9 Å². The van der Waals surface area contributed by atoms with Gasteiger partial charge in [-0.15, -0.1) is 0 Å². The fourth-order valence-corrected chi connectivity index (χ4v) is 2.62. The van der Waals surface area contributed by atoms with E-state index in [1.165, 1.54) is 6.92 Å². The van der Waals surface area contributed by atoms with Crippen LogP contribution in [0.3, 0.4) is 0 Å². The van der Waals surface area contributed by atoms with Gasteiger partial charge >= 0.3 is 0 Å². The van der Waals surface area contributed by atoms with Crippen molar-refractivity contribution in [3.8, 4) is 0 Å². The zero-order valence-corrected chi connectivity index (χ0v) is 14.2. The van der Waals surface area contributed by atoms with E-state index in [-0.39, 0.29) is 30.3 Å². The molecule has 5 heteroatoms. The summed E-state index contributed by atoms with van der Waals surface area (Å²) < 4.78 is 0. The molecular formula is C19H26O5. The first kappa shape index (κ1) is 20.2. The molecule has 1 rings (SSSR count). The SMILES string of the molecule is CC(Cc1ccccc1)C(=O)CC(C(=O)CC(C=O)CO)C(C)O. The van der Waals surface area contributed by atoms with Crippen LogP contribution in [0, 0.1) is 17.8 Å². The molecule has 0 saturated carbocycles. The van der Waals surface area contributed by atoms with Crippen LogP contribution in [-0.2, 0) is 20.8 Å². The molecule has 0 bridgehead atoms. The van der Waals surface area contributed by atoms with Gasteiger partial charge in [-0.3, -0.25) is 9.59 Å². The van der Waals surface area contributed by atoms with Crippen molar-refractivity contribution >= 4 is 17.9 Å². The summed E-state index contributed by atoms with van der Waals surface area (Å²) in [5.41, 5.74) is 1.04. The van der Waals surface area contributed by atoms with Gasteiger partial charge in [-0.05, 0) is 18.9 Å². The van der Waals surface area contributed by atoms with Crippen molar-refractivity contribution in [3.63, 3.8) is 0 Å². The molecule has 1 aromatic carbocycles. The van der Waals surface area contributed by atoms with Gasteiger partial charge in [0.05, 0.1) is 18.6 Å². The van der Waals surface area contributed by atoms with Crippen LogP contribution in [0.5, 0.6) is 0 Å². The minimum absolute atomic E-state index is 0.0541. The van der Waals surface area contributed by atoms with E-state index in [9.17, 15) is 19.5 Å². The summed E-state index contributed by atoms with van der Waals surface area (Å²) in [5.74, 6) is -2.34. The first-order valence-electron chi connectivity index (χ1n) is 8.22. The van der Waals surface area contributed by atoms with Crippen LogP contribution in [0.2, 0.25) is 0 Å². The maximum atomic E-state index is 12.4. The largest absolute Gasteiger partial charge is 0.396 e. The summed E-state index contributed by atoms with van der Waals surface area (Å²) in [7, 11) is 0. The Morgan fingerprint density at radius 3 is 2.21 bits per heavy atom. The van der Waals surface area contributed by atoms with Gasteiger partial charge < -0.3 is 15.0 Å². The molecule has 0 spiro atoms. The molecule has 5 nitrogen and oxygen atoms in total. The number of hydrogen-bond donors (Lipinski definition) is 2. The topological polar surface area (TPSA) is 91.7 Å². The number of hydrogen-bond acceptors (Lipinski definition) is 5. The van der Waals surface area contributed by atoms with E-state index in [1.807, 2.05) is 30.3 Å². The molecular weight excluding hydrogens is 308 g/mol. The Morgan fingerprint density at radius 2 is 1.71 bits per heavy atom. The van der Waals surface area contributed by atoms with Gasteiger partial charge in [-0.25, -0.2) is 0 Å². The maximum absolute atomic E-state index is 12.4. The Bertz CT molecular complexity index is 538. The summed E-state index contributed by atoms with van der Waals surface area (Å²) in [6.45, 7) is 2.85. The molecule has 0 radical (unpaired) electrons. The van der Waals surface area contributed by atoms with Crippen molar-refractivity contribution in [2.24, 2.45) is 17.8 Å². The summed E-state index contributed by atoms with van der Waals surface area (Å²) in [5, 5.41) is 18.9. The van der Waals surface area contributed by atoms with E-state index in [0.29, 0.717) is 12.7 Å². The second-order valence-corrected chi connectivity index (χ2v) is 6.36. The zero-order chi connectivity index (χ0) is 18.1. The van der Waals surface area contributed by atoms with E-state index in [4.69, 9.17) is 5.11 Å². The molecule has 0 fully saturated rings. The van der Waals surface area contributed by atoms with Crippen LogP contribution in [0.15, 0.2) is 30.3 Å². The van der Waals surface area contributed by atoms with Gasteiger partial charge in [-0.2, -0.15) is 0 Å². The normalized spacial score (nSPS) is 16.0. The van der Waals surface area contributed by atoms with Crippen LogP contribution >= 0.6 is 0 Å². The fourth-order valence-electron chi connectivity index (χ4n) is 2.62. The molecule has 4 unspecified atom stereocenters. The molecule has 2 N–H and O–H groups in total. The quantitative estimate of drug-likeness (QED) is 0.600. The Morgan fingerprint density at radius 1 is 1.08 bits per heavy atom. The number of Topliss-reactive ketones (excluding diaryl/α,β-unsaturated/α-hetero) is 2. The van der Waals surface area contributed by atoms with Crippen molar-refractivity contribution in [1.82, 2.24) is 0 Å². The van der Waals surface area contributed by atoms with Crippen LogP contribution in [-0.4, -0.2) is 40.8 Å². The van der Waals surface area contributed by atoms with E-state index in [2.05, 4.69) is 0 Å². The number of rotatable bonds is 11. The lowest BCUT2D eigenvalue weighted by atomic mass is 9.84. The third kappa shape index (κ3) is 6.34. The first-order chi connectivity index (χ1) is 11.4. The highest BCUT2D eigenvalue weighted by molar-refractivity contribution is 5.90. The molecule has 0 aromatic heterocycles. The monoisotopic (exact) mass is 334 g/mol. The molecule has 0 aliphatic heterocycles. The predicted octanol–water partition coefficient (Wildman–Crippen LogP) is 1.59. The lowest BCUT2D eigenvalue weighted by molar-refractivity contribution is -0.134. The number of benzene rings is 1. The summed E-state index contributed by atoms with van der Waals surface area (Å²) in [6.07, 6.45) is -0.0844. The number of aliphatic hydroxyl groups is 2. The third-order valence-corrected chi connectivity index (χ3v) is 4.24. The molecule has 132 valence electrons. The molecule has 0 aliphatic rings. The van der Waals surface area contributed by atoms with Gasteiger partial charge in [0.25, 0.3) is 0 Å². The smallest absolute Gasteiger partial charge is 0.139 e. The summed E-state index contributed by atoms with van der Waals surface area (Å²) in [4.78, 5) is 35.4. The van der Waals surface area contributed by atoms with Crippen molar-refractivity contribution in [2.75, 3.05) is 6.61 Å². The average molecular weight is 334 g/mol. The molecule has 24 heavy (non-hydrogen) atoms. The number of carbonyl (C=O) groups is 3. The minimum Gasteiger partial charge on any atom is -0.396 e. The highest BCUT2D eigenvalue weighted by Gasteiger charge is 2.29. The van der Waals surface area contributed by atoms with Crippen LogP contribution < -0.4 is 0 Å². The second kappa shape index (κ2) is 10.1. The zero-order valence-electron chi connectivity index (χ0n) is 14.2. The van der Waals surface area contributed by atoms with Gasteiger partial charge in [0.15, 0.2) is 0 Å². The van der Waals surface area contributed by atoms with Crippen molar-refractivity contribution < 1.29 is 24.6 Å². The van der Waals surface area contributed by atoms with E-state index in [1.54, 1.807) is 6.92 Å². The van der Waals surface area contributed by atoms with E-state index >= 15 is 0 Å². The molecule has 0 aliphatic carbocycles. The molecule has 0 heterocycles. The number of ketones is 2. The van der Waals surface area contributed by atoms with Gasteiger partial charge in [-0.1, -0.05) is 37.3 Å². The van der Waals surface area contributed by atoms with Gasteiger partial charge in [0, 0.05) is 24.7 Å². The summed E-state index contributed by atoms with van der Waals surface area (Å²) in [6, 6.07) is 9.60. The average Bonchev–Trinajstić information content (AvgIpc) is 2.57. The Kier molecular flexibility index (Phi) is 8.50. The van der Waals surface area contributed by atoms with Crippen LogP contribution in [0.4, 0.5) is 0 Å². The lowest BCUT2D eigenvalue weighted by Gasteiger charge is -2.21. The standard InChI is InChI=1S/C19H26O5/c1-13(8-15-6-4-3-5-7-15)18(23)10-17(14(2)22)19(24)9-16(11-20)12-21/h3-7,11,13-14,16-17,21-22H,8-10,12H2,1-2H3. The number of aldehydes is 1. The third-order valence-electron chi connectivity index (χ3n) is 4.24. The van der Waals surface area contributed by atoms with Crippen molar-refractivity contribution in [2.45, 2.75) is 39.2 Å². The number of aliphatic hydroxyl groups excluding tert-OH is 2. The summed E-state index contributed by atoms with van der Waals surface area (Å²) >= 11 is 0. The Labute approximate surface area is 142 Å². The van der Waals surface area contributed by atoms with Crippen LogP contribution in [0.25, 0.3) is 0 Å². The lowest BCUT2D eigenvalue weighted by Crippen LogP contribution is -2.32. The first-order valence-corrected chi connectivity index (χ1v) is 8.22. The molecule has 4 atom stereocenters. The van der Waals surface area contributed by atoms with Crippen LogP contribution in [0.1, 0.15) is 32.3 Å². The molecule has 0 amide bonds. The van der Waals surface area contributed by atoms with Gasteiger partial charge in [0.2, 0.25) is 0 Å².